The maximum atomic E-state index is 12.9. The van der Waals surface area contributed by atoms with Crippen LogP contribution in [0.3, 0.4) is 0 Å². The summed E-state index contributed by atoms with van der Waals surface area (Å²) in [6.07, 6.45) is 9.30. The van der Waals surface area contributed by atoms with Gasteiger partial charge in [0.2, 0.25) is 5.95 Å². The van der Waals surface area contributed by atoms with Gasteiger partial charge in [-0.3, -0.25) is 9.80 Å². The molecule has 8 nitrogen and oxygen atoms in total. The summed E-state index contributed by atoms with van der Waals surface area (Å²) in [7, 11) is 4.33. The Morgan fingerprint density at radius 3 is 2.36 bits per heavy atom. The second-order valence-corrected chi connectivity index (χ2v) is 9.88. The molecule has 8 heteroatoms. The summed E-state index contributed by atoms with van der Waals surface area (Å²) in [5.74, 6) is 0.608. The molecule has 3 heterocycles. The Labute approximate surface area is 195 Å². The Hall–Kier alpha value is -2.71. The molecule has 0 radical (unpaired) electrons. The van der Waals surface area contributed by atoms with E-state index in [1.807, 2.05) is 0 Å². The minimum atomic E-state index is -0.204. The summed E-state index contributed by atoms with van der Waals surface area (Å²) in [5.41, 5.74) is 1.90. The number of anilines is 2. The van der Waals surface area contributed by atoms with Crippen LogP contribution in [0.5, 0.6) is 0 Å². The van der Waals surface area contributed by atoms with Crippen LogP contribution in [-0.4, -0.2) is 66.3 Å². The second-order valence-electron chi connectivity index (χ2n) is 9.88. The Bertz CT molecular complexity index is 951. The SMILES string of the molecule is CN(C)C1(c2ccccc2)CCC2(CC1)CN(c1cnc(NC3CCOCC3)nc1)C(=O)N2. The van der Waals surface area contributed by atoms with E-state index in [0.29, 0.717) is 18.5 Å². The number of nitrogens with one attached hydrogen (secondary N) is 2. The van der Waals surface area contributed by atoms with Gasteiger partial charge in [-0.2, -0.15) is 0 Å². The van der Waals surface area contributed by atoms with E-state index in [1.54, 1.807) is 17.3 Å². The van der Waals surface area contributed by atoms with Crippen LogP contribution in [0.25, 0.3) is 0 Å². The highest BCUT2D eigenvalue weighted by molar-refractivity contribution is 5.95. The molecular formula is C25H34N6O2. The van der Waals surface area contributed by atoms with Crippen molar-refractivity contribution in [1.82, 2.24) is 20.2 Å². The molecule has 176 valence electrons. The van der Waals surface area contributed by atoms with Gasteiger partial charge in [-0.1, -0.05) is 30.3 Å². The molecule has 2 saturated heterocycles. The van der Waals surface area contributed by atoms with Crippen molar-refractivity contribution in [2.24, 2.45) is 0 Å². The number of hydrogen-bond acceptors (Lipinski definition) is 6. The maximum Gasteiger partial charge on any atom is 0.322 e. The third kappa shape index (κ3) is 4.29. The number of carbonyl (C=O) groups excluding carboxylic acids is 1. The number of carbonyl (C=O) groups is 1. The van der Waals surface area contributed by atoms with Gasteiger partial charge in [-0.25, -0.2) is 14.8 Å². The van der Waals surface area contributed by atoms with Crippen molar-refractivity contribution in [1.29, 1.82) is 0 Å². The van der Waals surface area contributed by atoms with Crippen molar-refractivity contribution in [3.05, 3.63) is 48.3 Å². The van der Waals surface area contributed by atoms with Crippen molar-refractivity contribution in [3.63, 3.8) is 0 Å². The summed E-state index contributed by atoms with van der Waals surface area (Å²) >= 11 is 0. The van der Waals surface area contributed by atoms with Crippen molar-refractivity contribution in [3.8, 4) is 0 Å². The van der Waals surface area contributed by atoms with E-state index in [2.05, 4.69) is 69.9 Å². The van der Waals surface area contributed by atoms with Crippen molar-refractivity contribution in [2.75, 3.05) is 44.1 Å². The molecule has 0 bridgehead atoms. The van der Waals surface area contributed by atoms with Crippen LogP contribution in [-0.2, 0) is 10.3 Å². The molecule has 0 unspecified atom stereocenters. The number of aromatic nitrogens is 2. The molecule has 2 aliphatic heterocycles. The van der Waals surface area contributed by atoms with Gasteiger partial charge in [-0.05, 0) is 58.2 Å². The molecule has 2 N–H and O–H groups in total. The van der Waals surface area contributed by atoms with Crippen LogP contribution < -0.4 is 15.5 Å². The fourth-order valence-corrected chi connectivity index (χ4v) is 5.64. The number of benzene rings is 1. The Balaban J connectivity index is 1.26. The van der Waals surface area contributed by atoms with E-state index in [4.69, 9.17) is 4.74 Å². The molecular weight excluding hydrogens is 416 g/mol. The van der Waals surface area contributed by atoms with Gasteiger partial charge in [0.15, 0.2) is 0 Å². The van der Waals surface area contributed by atoms with Gasteiger partial charge in [0.05, 0.1) is 30.2 Å². The van der Waals surface area contributed by atoms with Gasteiger partial charge >= 0.3 is 6.03 Å². The van der Waals surface area contributed by atoms with E-state index < -0.39 is 0 Å². The minimum Gasteiger partial charge on any atom is -0.381 e. The lowest BCUT2D eigenvalue weighted by molar-refractivity contribution is 0.0658. The van der Waals surface area contributed by atoms with Crippen LogP contribution >= 0.6 is 0 Å². The fourth-order valence-electron chi connectivity index (χ4n) is 5.64. The van der Waals surface area contributed by atoms with Gasteiger partial charge in [0, 0.05) is 24.8 Å². The van der Waals surface area contributed by atoms with Crippen LogP contribution in [0.15, 0.2) is 42.7 Å². The topological polar surface area (TPSA) is 82.6 Å². The standard InChI is InChI=1S/C25H34N6O2/c1-30(2)25(19-6-4-3-5-7-19)12-10-24(11-13-25)18-31(23(32)29-24)21-16-26-22(27-17-21)28-20-8-14-33-15-9-20/h3-7,16-17,20H,8-15,18H2,1-2H3,(H,29,32)(H,26,27,28). The molecule has 5 rings (SSSR count). The lowest BCUT2D eigenvalue weighted by atomic mass is 9.69. The van der Waals surface area contributed by atoms with Crippen LogP contribution in [0.4, 0.5) is 16.4 Å². The van der Waals surface area contributed by atoms with E-state index in [9.17, 15) is 4.79 Å². The predicted octanol–water partition coefficient (Wildman–Crippen LogP) is 3.37. The van der Waals surface area contributed by atoms with Crippen LogP contribution in [0, 0.1) is 0 Å². The van der Waals surface area contributed by atoms with Crippen molar-refractivity contribution in [2.45, 2.75) is 55.6 Å². The third-order valence-corrected chi connectivity index (χ3v) is 7.78. The average molecular weight is 451 g/mol. The monoisotopic (exact) mass is 450 g/mol. The highest BCUT2D eigenvalue weighted by atomic mass is 16.5. The first-order valence-electron chi connectivity index (χ1n) is 12.0. The van der Waals surface area contributed by atoms with Gasteiger partial charge in [0.25, 0.3) is 0 Å². The Kier molecular flexibility index (Phi) is 5.97. The first-order valence-corrected chi connectivity index (χ1v) is 12.0. The summed E-state index contributed by atoms with van der Waals surface area (Å²) in [6.45, 7) is 2.19. The second kappa shape index (κ2) is 8.91. The maximum absolute atomic E-state index is 12.9. The summed E-state index contributed by atoms with van der Waals surface area (Å²) < 4.78 is 5.41. The quantitative estimate of drug-likeness (QED) is 0.727. The van der Waals surface area contributed by atoms with E-state index in [-0.39, 0.29) is 17.1 Å². The molecule has 2 aromatic rings. The first kappa shape index (κ1) is 22.1. The third-order valence-electron chi connectivity index (χ3n) is 7.78. The zero-order chi connectivity index (χ0) is 22.9. The highest BCUT2D eigenvalue weighted by Gasteiger charge is 2.50. The smallest absolute Gasteiger partial charge is 0.322 e. The molecule has 33 heavy (non-hydrogen) atoms. The Morgan fingerprint density at radius 1 is 1.06 bits per heavy atom. The average Bonchev–Trinajstić information content (AvgIpc) is 3.17. The van der Waals surface area contributed by atoms with E-state index in [1.165, 1.54) is 5.56 Å². The summed E-state index contributed by atoms with van der Waals surface area (Å²) in [5, 5.41) is 6.69. The molecule has 1 aliphatic carbocycles. The molecule has 3 aliphatic rings. The first-order chi connectivity index (χ1) is 16.0. The molecule has 1 aromatic carbocycles. The largest absolute Gasteiger partial charge is 0.381 e. The number of urea groups is 1. The zero-order valence-corrected chi connectivity index (χ0v) is 19.6. The number of ether oxygens (including phenoxy) is 1. The lowest BCUT2D eigenvalue weighted by Gasteiger charge is -2.48. The van der Waals surface area contributed by atoms with Crippen LogP contribution in [0.1, 0.15) is 44.1 Å². The Morgan fingerprint density at radius 2 is 1.73 bits per heavy atom. The number of hydrogen-bond donors (Lipinski definition) is 2. The molecule has 1 saturated carbocycles. The fraction of sp³-hybridized carbons (Fsp3) is 0.560. The van der Waals surface area contributed by atoms with E-state index >= 15 is 0 Å². The molecule has 1 aromatic heterocycles. The minimum absolute atomic E-state index is 0.00520. The van der Waals surface area contributed by atoms with E-state index in [0.717, 1.165) is 57.4 Å². The summed E-state index contributed by atoms with van der Waals surface area (Å²) in [6, 6.07) is 11.0. The predicted molar refractivity (Wildman–Crippen MR) is 128 cm³/mol. The number of nitrogens with zero attached hydrogens (tertiary/aromatic N) is 4. The number of amides is 2. The zero-order valence-electron chi connectivity index (χ0n) is 19.6. The molecule has 3 fully saturated rings. The van der Waals surface area contributed by atoms with Gasteiger partial charge < -0.3 is 15.4 Å². The lowest BCUT2D eigenvalue weighted by Crippen LogP contribution is -2.54. The van der Waals surface area contributed by atoms with Gasteiger partial charge in [0.1, 0.15) is 0 Å². The molecule has 2 amide bonds. The number of rotatable bonds is 5. The van der Waals surface area contributed by atoms with Crippen molar-refractivity contribution >= 4 is 17.7 Å². The summed E-state index contributed by atoms with van der Waals surface area (Å²) in [4.78, 5) is 26.0. The van der Waals surface area contributed by atoms with Crippen LogP contribution in [0.2, 0.25) is 0 Å². The highest BCUT2D eigenvalue weighted by Crippen LogP contribution is 2.46. The molecule has 1 spiro atoms. The van der Waals surface area contributed by atoms with Gasteiger partial charge in [-0.15, -0.1) is 0 Å². The molecule has 0 atom stereocenters. The normalized spacial score (nSPS) is 28.3. The van der Waals surface area contributed by atoms with Crippen molar-refractivity contribution < 1.29 is 9.53 Å².